The highest BCUT2D eigenvalue weighted by Gasteiger charge is 2.39. The molecule has 0 radical (unpaired) electrons. The molecule has 1 heterocycles. The predicted octanol–water partition coefficient (Wildman–Crippen LogP) is 2.17. The van der Waals surface area contributed by atoms with Gasteiger partial charge in [-0.2, -0.15) is 0 Å². The molecule has 0 amide bonds. The number of esters is 2. The van der Waals surface area contributed by atoms with E-state index in [1.807, 2.05) is 0 Å². The Hall–Kier alpha value is -2.61. The summed E-state index contributed by atoms with van der Waals surface area (Å²) in [4.78, 5) is 33.9. The van der Waals surface area contributed by atoms with Crippen LogP contribution in [0.15, 0.2) is 17.7 Å². The maximum Gasteiger partial charge on any atom is 0.348 e. The maximum atomic E-state index is 11.8. The van der Waals surface area contributed by atoms with Gasteiger partial charge in [0.05, 0.1) is 10.5 Å². The number of benzene rings is 1. The fourth-order valence-corrected chi connectivity index (χ4v) is 2.06. The Morgan fingerprint density at radius 3 is 2.32 bits per heavy atom. The molecule has 116 valence electrons. The fraction of sp³-hybridized carbons (Fsp3) is 0.231. The summed E-state index contributed by atoms with van der Waals surface area (Å²) in [6, 6.07) is 2.23. The number of rotatable bonds is 2. The largest absolute Gasteiger partial charge is 0.507 e. The first-order valence-electron chi connectivity index (χ1n) is 5.96. The SMILES string of the molecule is CC1(C)OC(=O)C(=Cc2c(O)ccc(Cl)c2[N+](=O)[O-])C(=O)O1. The Morgan fingerprint density at radius 1 is 1.27 bits per heavy atom. The Balaban J connectivity index is 2.59. The topological polar surface area (TPSA) is 116 Å². The van der Waals surface area contributed by atoms with Crippen LogP contribution in [0.5, 0.6) is 5.75 Å². The average molecular weight is 328 g/mol. The number of carbonyl (C=O) groups is 2. The van der Waals surface area contributed by atoms with Gasteiger partial charge in [-0.3, -0.25) is 10.1 Å². The molecular formula is C13H10ClNO7. The molecule has 0 spiro atoms. The zero-order valence-corrected chi connectivity index (χ0v) is 12.2. The van der Waals surface area contributed by atoms with Crippen molar-refractivity contribution in [1.29, 1.82) is 0 Å². The summed E-state index contributed by atoms with van der Waals surface area (Å²) in [6.07, 6.45) is 0.819. The lowest BCUT2D eigenvalue weighted by Crippen LogP contribution is -2.41. The van der Waals surface area contributed by atoms with Crippen LogP contribution in [-0.2, 0) is 19.1 Å². The Labute approximate surface area is 129 Å². The second-order valence-electron chi connectivity index (χ2n) is 4.82. The number of hydrogen-bond donors (Lipinski definition) is 1. The number of nitro groups is 1. The van der Waals surface area contributed by atoms with Crippen molar-refractivity contribution in [2.75, 3.05) is 0 Å². The molecule has 1 aliphatic rings. The van der Waals surface area contributed by atoms with Gasteiger partial charge < -0.3 is 14.6 Å². The van der Waals surface area contributed by atoms with E-state index in [1.165, 1.54) is 13.8 Å². The molecule has 0 aromatic heterocycles. The van der Waals surface area contributed by atoms with Crippen molar-refractivity contribution < 1.29 is 29.1 Å². The highest BCUT2D eigenvalue weighted by atomic mass is 35.5. The van der Waals surface area contributed by atoms with Gasteiger partial charge in [0.25, 0.3) is 11.5 Å². The quantitative estimate of drug-likeness (QED) is 0.291. The fourth-order valence-electron chi connectivity index (χ4n) is 1.82. The van der Waals surface area contributed by atoms with E-state index in [0.717, 1.165) is 18.2 Å². The van der Waals surface area contributed by atoms with Gasteiger partial charge in [0.1, 0.15) is 16.3 Å². The minimum absolute atomic E-state index is 0.257. The third-order valence-electron chi connectivity index (χ3n) is 2.73. The summed E-state index contributed by atoms with van der Waals surface area (Å²) in [5.41, 5.74) is -1.61. The molecule has 2 rings (SSSR count). The molecule has 1 aromatic carbocycles. The van der Waals surface area contributed by atoms with E-state index in [4.69, 9.17) is 21.1 Å². The number of carbonyl (C=O) groups excluding carboxylic acids is 2. The summed E-state index contributed by atoms with van der Waals surface area (Å²) in [7, 11) is 0. The van der Waals surface area contributed by atoms with Crippen LogP contribution < -0.4 is 0 Å². The molecule has 0 atom stereocenters. The second kappa shape index (κ2) is 5.30. The zero-order chi connectivity index (χ0) is 16.7. The molecule has 1 fully saturated rings. The van der Waals surface area contributed by atoms with Gasteiger partial charge in [-0.1, -0.05) is 11.6 Å². The third kappa shape index (κ3) is 2.86. The van der Waals surface area contributed by atoms with Gasteiger partial charge in [-0.25, -0.2) is 9.59 Å². The molecule has 0 unspecified atom stereocenters. The first-order valence-corrected chi connectivity index (χ1v) is 6.34. The van der Waals surface area contributed by atoms with E-state index in [1.54, 1.807) is 0 Å². The van der Waals surface area contributed by atoms with Crippen molar-refractivity contribution in [1.82, 2.24) is 0 Å². The normalized spacial score (nSPS) is 16.8. The van der Waals surface area contributed by atoms with Crippen molar-refractivity contribution in [3.05, 3.63) is 38.4 Å². The Bertz CT molecular complexity index is 701. The highest BCUT2D eigenvalue weighted by molar-refractivity contribution is 6.33. The average Bonchev–Trinajstić information content (AvgIpc) is 2.35. The third-order valence-corrected chi connectivity index (χ3v) is 3.04. The van der Waals surface area contributed by atoms with Gasteiger partial charge in [0, 0.05) is 13.8 Å². The molecule has 1 aromatic rings. The number of hydrogen-bond acceptors (Lipinski definition) is 7. The molecule has 1 aliphatic heterocycles. The smallest absolute Gasteiger partial charge is 0.348 e. The minimum atomic E-state index is -1.44. The van der Waals surface area contributed by atoms with Crippen LogP contribution in [0.25, 0.3) is 6.08 Å². The van der Waals surface area contributed by atoms with Crippen LogP contribution in [0.2, 0.25) is 5.02 Å². The van der Waals surface area contributed by atoms with Crippen LogP contribution in [0.3, 0.4) is 0 Å². The van der Waals surface area contributed by atoms with E-state index in [-0.39, 0.29) is 10.6 Å². The van der Waals surface area contributed by atoms with Gasteiger partial charge in [0.2, 0.25) is 0 Å². The summed E-state index contributed by atoms with van der Waals surface area (Å²) in [5, 5.41) is 20.6. The number of nitrogens with zero attached hydrogens (tertiary/aromatic N) is 1. The lowest BCUT2D eigenvalue weighted by Gasteiger charge is -2.29. The Kier molecular flexibility index (Phi) is 3.80. The monoisotopic (exact) mass is 327 g/mol. The van der Waals surface area contributed by atoms with Gasteiger partial charge in [-0.15, -0.1) is 0 Å². The van der Waals surface area contributed by atoms with Crippen LogP contribution in [0, 0.1) is 10.1 Å². The number of aromatic hydroxyl groups is 1. The number of halogens is 1. The van der Waals surface area contributed by atoms with Crippen LogP contribution in [-0.4, -0.2) is 27.8 Å². The second-order valence-corrected chi connectivity index (χ2v) is 5.23. The van der Waals surface area contributed by atoms with E-state index < -0.39 is 39.7 Å². The molecular weight excluding hydrogens is 318 g/mol. The van der Waals surface area contributed by atoms with Crippen molar-refractivity contribution in [3.8, 4) is 5.75 Å². The molecule has 0 aliphatic carbocycles. The number of phenolic OH excluding ortho intramolecular Hbond substituents is 1. The van der Waals surface area contributed by atoms with Crippen molar-refractivity contribution in [2.45, 2.75) is 19.6 Å². The first kappa shape index (κ1) is 15.8. The molecule has 1 N–H and O–H groups in total. The van der Waals surface area contributed by atoms with E-state index in [0.29, 0.717) is 0 Å². The van der Waals surface area contributed by atoms with E-state index >= 15 is 0 Å². The van der Waals surface area contributed by atoms with E-state index in [2.05, 4.69) is 0 Å². The Morgan fingerprint density at radius 2 is 1.82 bits per heavy atom. The summed E-state index contributed by atoms with van der Waals surface area (Å²) >= 11 is 5.72. The summed E-state index contributed by atoms with van der Waals surface area (Å²) in [6.45, 7) is 2.72. The highest BCUT2D eigenvalue weighted by Crippen LogP contribution is 2.37. The molecule has 1 saturated heterocycles. The lowest BCUT2D eigenvalue weighted by molar-refractivity contribution is -0.385. The number of nitro benzene ring substituents is 1. The maximum absolute atomic E-state index is 11.8. The standard InChI is InChI=1S/C13H10ClNO7/c1-13(2)21-11(17)7(12(18)22-13)5-6-9(16)4-3-8(14)10(6)15(19)20/h3-5,16H,1-2H3. The molecule has 9 heteroatoms. The van der Waals surface area contributed by atoms with Crippen molar-refractivity contribution in [3.63, 3.8) is 0 Å². The lowest BCUT2D eigenvalue weighted by atomic mass is 10.1. The molecule has 22 heavy (non-hydrogen) atoms. The number of ether oxygens (including phenoxy) is 2. The van der Waals surface area contributed by atoms with Gasteiger partial charge >= 0.3 is 11.9 Å². The first-order chi connectivity index (χ1) is 10.1. The molecule has 8 nitrogen and oxygen atoms in total. The zero-order valence-electron chi connectivity index (χ0n) is 11.5. The van der Waals surface area contributed by atoms with Gasteiger partial charge in [0.15, 0.2) is 0 Å². The van der Waals surface area contributed by atoms with E-state index in [9.17, 15) is 24.8 Å². The molecule has 0 saturated carbocycles. The predicted molar refractivity (Wildman–Crippen MR) is 74.0 cm³/mol. The summed E-state index contributed by atoms with van der Waals surface area (Å²) < 4.78 is 9.73. The number of phenols is 1. The van der Waals surface area contributed by atoms with Crippen LogP contribution in [0.1, 0.15) is 19.4 Å². The summed E-state index contributed by atoms with van der Waals surface area (Å²) in [5.74, 6) is -3.99. The minimum Gasteiger partial charge on any atom is -0.507 e. The van der Waals surface area contributed by atoms with Crippen molar-refractivity contribution in [2.24, 2.45) is 0 Å². The number of cyclic esters (lactones) is 2. The van der Waals surface area contributed by atoms with Gasteiger partial charge in [-0.05, 0) is 18.2 Å². The van der Waals surface area contributed by atoms with Crippen molar-refractivity contribution >= 4 is 35.3 Å². The molecule has 0 bridgehead atoms. The van der Waals surface area contributed by atoms with Crippen LogP contribution in [0.4, 0.5) is 5.69 Å². The van der Waals surface area contributed by atoms with Crippen LogP contribution >= 0.6 is 11.6 Å².